The fourth-order valence-electron chi connectivity index (χ4n) is 2.51. The molecule has 0 fully saturated rings. The molecule has 0 unspecified atom stereocenters. The minimum absolute atomic E-state index is 0. The van der Waals surface area contributed by atoms with Gasteiger partial charge in [-0.15, -0.1) is 12.4 Å². The van der Waals surface area contributed by atoms with E-state index >= 15 is 0 Å². The average molecular weight is 322 g/mol. The molecule has 1 nitrogen and oxygen atoms in total. The van der Waals surface area contributed by atoms with Crippen LogP contribution < -0.4 is 5.73 Å². The standard InChI is InChI=1S/C17H16FNS.ClH/c18-16-6-1-2-7-17(16)20-14-8-9-15-12(10-14)4-3-5-13(15)11-19;/h1-2,5-10H,3-4,11,19H2;1H. The summed E-state index contributed by atoms with van der Waals surface area (Å²) in [4.78, 5) is 1.74. The molecule has 2 aromatic carbocycles. The van der Waals surface area contributed by atoms with Gasteiger partial charge in [-0.2, -0.15) is 0 Å². The Morgan fingerprint density at radius 1 is 1.14 bits per heavy atom. The fraction of sp³-hybridized carbons (Fsp3) is 0.176. The summed E-state index contributed by atoms with van der Waals surface area (Å²) < 4.78 is 13.7. The van der Waals surface area contributed by atoms with Gasteiger partial charge < -0.3 is 5.73 Å². The fourth-order valence-corrected chi connectivity index (χ4v) is 3.42. The van der Waals surface area contributed by atoms with E-state index in [0.717, 1.165) is 17.7 Å². The van der Waals surface area contributed by atoms with E-state index in [0.29, 0.717) is 11.4 Å². The van der Waals surface area contributed by atoms with Gasteiger partial charge in [0.2, 0.25) is 0 Å². The maximum Gasteiger partial charge on any atom is 0.137 e. The van der Waals surface area contributed by atoms with E-state index in [9.17, 15) is 4.39 Å². The molecule has 0 radical (unpaired) electrons. The first-order valence-electron chi connectivity index (χ1n) is 6.72. The molecule has 0 bridgehead atoms. The summed E-state index contributed by atoms with van der Waals surface area (Å²) in [5.74, 6) is -0.169. The number of benzene rings is 2. The van der Waals surface area contributed by atoms with Crippen molar-refractivity contribution < 1.29 is 4.39 Å². The average Bonchev–Trinajstić information content (AvgIpc) is 2.49. The number of aryl methyl sites for hydroxylation is 1. The molecule has 0 spiro atoms. The third-order valence-electron chi connectivity index (χ3n) is 3.51. The summed E-state index contributed by atoms with van der Waals surface area (Å²) in [5, 5.41) is 0. The van der Waals surface area contributed by atoms with Crippen LogP contribution in [-0.2, 0) is 6.42 Å². The SMILES string of the molecule is Cl.NCC1=CCCc2cc(Sc3ccccc3F)ccc21. The number of allylic oxidation sites excluding steroid dienone is 1. The second-order valence-electron chi connectivity index (χ2n) is 4.82. The summed E-state index contributed by atoms with van der Waals surface area (Å²) in [6, 6.07) is 13.2. The highest BCUT2D eigenvalue weighted by molar-refractivity contribution is 7.99. The Morgan fingerprint density at radius 2 is 1.95 bits per heavy atom. The zero-order valence-corrected chi connectivity index (χ0v) is 13.1. The smallest absolute Gasteiger partial charge is 0.137 e. The van der Waals surface area contributed by atoms with E-state index < -0.39 is 0 Å². The zero-order chi connectivity index (χ0) is 13.9. The van der Waals surface area contributed by atoms with Crippen molar-refractivity contribution in [3.05, 3.63) is 65.5 Å². The second-order valence-corrected chi connectivity index (χ2v) is 5.94. The molecule has 4 heteroatoms. The number of hydrogen-bond acceptors (Lipinski definition) is 2. The Kier molecular flexibility index (Phi) is 5.45. The molecule has 0 heterocycles. The van der Waals surface area contributed by atoms with Crippen LogP contribution in [-0.4, -0.2) is 6.54 Å². The van der Waals surface area contributed by atoms with E-state index in [4.69, 9.17) is 5.73 Å². The third-order valence-corrected chi connectivity index (χ3v) is 4.55. The summed E-state index contributed by atoms with van der Waals surface area (Å²) >= 11 is 1.47. The van der Waals surface area contributed by atoms with Crippen LogP contribution in [0.5, 0.6) is 0 Å². The lowest BCUT2D eigenvalue weighted by Crippen LogP contribution is -2.08. The van der Waals surface area contributed by atoms with Crippen molar-refractivity contribution in [1.29, 1.82) is 0 Å². The van der Waals surface area contributed by atoms with Gasteiger partial charge in [-0.3, -0.25) is 0 Å². The van der Waals surface area contributed by atoms with Crippen molar-refractivity contribution in [3.8, 4) is 0 Å². The van der Waals surface area contributed by atoms with Crippen molar-refractivity contribution in [3.63, 3.8) is 0 Å². The van der Waals surface area contributed by atoms with Crippen LogP contribution in [0.3, 0.4) is 0 Å². The van der Waals surface area contributed by atoms with Gasteiger partial charge in [0.15, 0.2) is 0 Å². The molecule has 0 atom stereocenters. The second kappa shape index (κ2) is 7.12. The van der Waals surface area contributed by atoms with Crippen molar-refractivity contribution >= 4 is 29.7 Å². The van der Waals surface area contributed by atoms with E-state index in [1.807, 2.05) is 18.2 Å². The number of hydrogen-bond donors (Lipinski definition) is 1. The first-order chi connectivity index (χ1) is 9.78. The molecule has 2 aromatic rings. The normalized spacial score (nSPS) is 13.1. The van der Waals surface area contributed by atoms with E-state index in [1.165, 1.54) is 34.5 Å². The first-order valence-corrected chi connectivity index (χ1v) is 7.54. The maximum atomic E-state index is 13.7. The molecule has 0 saturated heterocycles. The Bertz CT molecular complexity index is 670. The van der Waals surface area contributed by atoms with Crippen LogP contribution in [0.15, 0.2) is 58.3 Å². The molecule has 2 N–H and O–H groups in total. The maximum absolute atomic E-state index is 13.7. The molecular weight excluding hydrogens is 305 g/mol. The van der Waals surface area contributed by atoms with E-state index in [-0.39, 0.29) is 18.2 Å². The highest BCUT2D eigenvalue weighted by Crippen LogP contribution is 2.34. The predicted octanol–water partition coefficient (Wildman–Crippen LogP) is 4.69. The topological polar surface area (TPSA) is 26.0 Å². The van der Waals surface area contributed by atoms with Gasteiger partial charge >= 0.3 is 0 Å². The predicted molar refractivity (Wildman–Crippen MR) is 89.6 cm³/mol. The van der Waals surface area contributed by atoms with Gasteiger partial charge in [-0.25, -0.2) is 4.39 Å². The summed E-state index contributed by atoms with van der Waals surface area (Å²) in [5.41, 5.74) is 9.55. The first kappa shape index (κ1) is 16.1. The molecule has 1 aliphatic rings. The van der Waals surface area contributed by atoms with Crippen LogP contribution in [0.25, 0.3) is 5.57 Å². The molecule has 0 aromatic heterocycles. The van der Waals surface area contributed by atoms with Crippen molar-refractivity contribution in [2.24, 2.45) is 5.73 Å². The molecule has 0 aliphatic heterocycles. The monoisotopic (exact) mass is 321 g/mol. The van der Waals surface area contributed by atoms with Crippen LogP contribution in [0.1, 0.15) is 17.5 Å². The highest BCUT2D eigenvalue weighted by Gasteiger charge is 2.12. The summed E-state index contributed by atoms with van der Waals surface area (Å²) in [6.45, 7) is 0.576. The largest absolute Gasteiger partial charge is 0.326 e. The lowest BCUT2D eigenvalue weighted by Gasteiger charge is -2.17. The summed E-state index contributed by atoms with van der Waals surface area (Å²) in [6.07, 6.45) is 4.28. The van der Waals surface area contributed by atoms with Gasteiger partial charge in [-0.1, -0.05) is 36.0 Å². The molecule has 0 amide bonds. The zero-order valence-electron chi connectivity index (χ0n) is 11.5. The van der Waals surface area contributed by atoms with Gasteiger partial charge in [0, 0.05) is 16.3 Å². The number of nitrogens with two attached hydrogens (primary N) is 1. The van der Waals surface area contributed by atoms with Gasteiger partial charge in [0.1, 0.15) is 5.82 Å². The lowest BCUT2D eigenvalue weighted by atomic mass is 9.91. The number of fused-ring (bicyclic) bond motifs is 1. The molecule has 21 heavy (non-hydrogen) atoms. The van der Waals surface area contributed by atoms with Crippen molar-refractivity contribution in [2.45, 2.75) is 22.6 Å². The van der Waals surface area contributed by atoms with E-state index in [1.54, 1.807) is 6.07 Å². The molecular formula is C17H17ClFNS. The Labute approximate surface area is 134 Å². The van der Waals surface area contributed by atoms with Gasteiger partial charge in [0.05, 0.1) is 0 Å². The lowest BCUT2D eigenvalue weighted by molar-refractivity contribution is 0.602. The summed E-state index contributed by atoms with van der Waals surface area (Å²) in [7, 11) is 0. The van der Waals surface area contributed by atoms with Crippen LogP contribution in [0, 0.1) is 5.82 Å². The van der Waals surface area contributed by atoms with Crippen LogP contribution in [0.2, 0.25) is 0 Å². The Balaban J connectivity index is 0.00000161. The van der Waals surface area contributed by atoms with Gasteiger partial charge in [0.25, 0.3) is 0 Å². The molecule has 110 valence electrons. The number of rotatable bonds is 3. The van der Waals surface area contributed by atoms with Gasteiger partial charge in [-0.05, 0) is 53.8 Å². The van der Waals surface area contributed by atoms with Crippen molar-refractivity contribution in [2.75, 3.05) is 6.54 Å². The van der Waals surface area contributed by atoms with Crippen molar-refractivity contribution in [1.82, 2.24) is 0 Å². The minimum atomic E-state index is -0.169. The molecule has 3 rings (SSSR count). The highest BCUT2D eigenvalue weighted by atomic mass is 35.5. The van der Waals surface area contributed by atoms with E-state index in [2.05, 4.69) is 18.2 Å². The molecule has 1 aliphatic carbocycles. The quantitative estimate of drug-likeness (QED) is 0.887. The van der Waals surface area contributed by atoms with Crippen LogP contribution in [0.4, 0.5) is 4.39 Å². The molecule has 0 saturated carbocycles. The Hall–Kier alpha value is -1.29. The third kappa shape index (κ3) is 3.49. The minimum Gasteiger partial charge on any atom is -0.326 e. The van der Waals surface area contributed by atoms with Crippen LogP contribution >= 0.6 is 24.2 Å². The Morgan fingerprint density at radius 3 is 2.71 bits per heavy atom. The number of halogens is 2.